The minimum Gasteiger partial charge on any atom is -0.383 e. The predicted octanol–water partition coefficient (Wildman–Crippen LogP) is 2.60. The van der Waals surface area contributed by atoms with E-state index >= 15 is 0 Å². The van der Waals surface area contributed by atoms with E-state index in [1.54, 1.807) is 7.11 Å². The molecule has 0 bridgehead atoms. The monoisotopic (exact) mass is 298 g/mol. The molecule has 4 nitrogen and oxygen atoms in total. The zero-order valence-electron chi connectivity index (χ0n) is 12.8. The average Bonchev–Trinajstić information content (AvgIpc) is 2.55. The molecule has 0 saturated carbocycles. The van der Waals surface area contributed by atoms with Gasteiger partial charge in [0.15, 0.2) is 0 Å². The third-order valence-electron chi connectivity index (χ3n) is 3.29. The Hall–Kier alpha value is -2.33. The number of nitrogens with one attached hydrogen (secondary N) is 2. The second-order valence-electron chi connectivity index (χ2n) is 5.06. The van der Waals surface area contributed by atoms with Crippen molar-refractivity contribution < 1.29 is 9.53 Å². The summed E-state index contributed by atoms with van der Waals surface area (Å²) in [6.45, 7) is 1.87. The van der Waals surface area contributed by atoms with Gasteiger partial charge in [-0.2, -0.15) is 0 Å². The lowest BCUT2D eigenvalue weighted by Crippen LogP contribution is -2.28. The third-order valence-corrected chi connectivity index (χ3v) is 3.29. The lowest BCUT2D eigenvalue weighted by atomic mass is 10.1. The molecule has 0 aliphatic heterocycles. The Balaban J connectivity index is 1.79. The van der Waals surface area contributed by atoms with E-state index < -0.39 is 0 Å². The molecule has 2 N–H and O–H groups in total. The van der Waals surface area contributed by atoms with E-state index in [0.29, 0.717) is 19.6 Å². The van der Waals surface area contributed by atoms with E-state index in [4.69, 9.17) is 4.74 Å². The van der Waals surface area contributed by atoms with Gasteiger partial charge in [0, 0.05) is 25.9 Å². The van der Waals surface area contributed by atoms with Gasteiger partial charge in [0.2, 0.25) is 5.91 Å². The smallest absolute Gasteiger partial charge is 0.224 e. The van der Waals surface area contributed by atoms with Crippen molar-refractivity contribution in [2.45, 2.75) is 13.0 Å². The highest BCUT2D eigenvalue weighted by atomic mass is 16.5. The van der Waals surface area contributed by atoms with Gasteiger partial charge in [-0.05, 0) is 23.3 Å². The van der Waals surface area contributed by atoms with Crippen LogP contribution in [0.1, 0.15) is 11.1 Å². The molecule has 4 heteroatoms. The van der Waals surface area contributed by atoms with Crippen LogP contribution in [-0.4, -0.2) is 26.2 Å². The summed E-state index contributed by atoms with van der Waals surface area (Å²) >= 11 is 0. The number of carbonyl (C=O) groups excluding carboxylic acids is 1. The van der Waals surface area contributed by atoms with Crippen LogP contribution in [-0.2, 0) is 22.5 Å². The Morgan fingerprint density at radius 2 is 1.73 bits per heavy atom. The van der Waals surface area contributed by atoms with Crippen molar-refractivity contribution in [2.24, 2.45) is 0 Å². The Bertz CT molecular complexity index is 567. The van der Waals surface area contributed by atoms with Crippen LogP contribution in [0.2, 0.25) is 0 Å². The predicted molar refractivity (Wildman–Crippen MR) is 88.8 cm³/mol. The van der Waals surface area contributed by atoms with Crippen molar-refractivity contribution in [3.63, 3.8) is 0 Å². The molecule has 0 radical (unpaired) electrons. The van der Waals surface area contributed by atoms with E-state index in [1.807, 2.05) is 42.5 Å². The fourth-order valence-corrected chi connectivity index (χ4v) is 2.08. The fourth-order valence-electron chi connectivity index (χ4n) is 2.08. The first kappa shape index (κ1) is 16.0. The summed E-state index contributed by atoms with van der Waals surface area (Å²) in [5.41, 5.74) is 3.29. The molecule has 0 aliphatic rings. The lowest BCUT2D eigenvalue weighted by molar-refractivity contribution is -0.120. The Kier molecular flexibility index (Phi) is 6.45. The molecule has 2 rings (SSSR count). The Morgan fingerprint density at radius 3 is 2.41 bits per heavy atom. The second kappa shape index (κ2) is 8.85. The number of ether oxygens (including phenoxy) is 1. The summed E-state index contributed by atoms with van der Waals surface area (Å²) in [6, 6.07) is 18.2. The van der Waals surface area contributed by atoms with Gasteiger partial charge in [-0.15, -0.1) is 0 Å². The zero-order chi connectivity index (χ0) is 15.6. The summed E-state index contributed by atoms with van der Waals surface area (Å²) < 4.78 is 4.90. The highest BCUT2D eigenvalue weighted by Crippen LogP contribution is 2.11. The number of carbonyl (C=O) groups is 1. The summed E-state index contributed by atoms with van der Waals surface area (Å²) in [4.78, 5) is 11.7. The summed E-state index contributed by atoms with van der Waals surface area (Å²) in [7, 11) is 1.62. The first-order chi connectivity index (χ1) is 10.8. The number of rotatable bonds is 8. The number of anilines is 1. The highest BCUT2D eigenvalue weighted by Gasteiger charge is 2.02. The molecule has 2 aromatic carbocycles. The van der Waals surface area contributed by atoms with Crippen molar-refractivity contribution in [2.75, 3.05) is 25.6 Å². The van der Waals surface area contributed by atoms with Gasteiger partial charge in [-0.25, -0.2) is 0 Å². The number of amides is 1. The normalized spacial score (nSPS) is 10.2. The van der Waals surface area contributed by atoms with Gasteiger partial charge in [-0.1, -0.05) is 42.5 Å². The summed E-state index contributed by atoms with van der Waals surface area (Å²) in [5.74, 6) is 0.0158. The molecular formula is C18H22N2O2. The van der Waals surface area contributed by atoms with Gasteiger partial charge in [0.25, 0.3) is 0 Å². The average molecular weight is 298 g/mol. The van der Waals surface area contributed by atoms with Gasteiger partial charge in [0.1, 0.15) is 0 Å². The molecule has 0 heterocycles. The molecule has 0 spiro atoms. The van der Waals surface area contributed by atoms with Crippen LogP contribution in [0.3, 0.4) is 0 Å². The van der Waals surface area contributed by atoms with E-state index in [1.165, 1.54) is 5.56 Å². The highest BCUT2D eigenvalue weighted by molar-refractivity contribution is 5.78. The Labute approximate surface area is 131 Å². The summed E-state index contributed by atoms with van der Waals surface area (Å²) in [5, 5.41) is 6.18. The molecule has 0 fully saturated rings. The molecule has 22 heavy (non-hydrogen) atoms. The van der Waals surface area contributed by atoms with Crippen LogP contribution in [0.5, 0.6) is 0 Å². The molecular weight excluding hydrogens is 276 g/mol. The molecule has 1 amide bonds. The van der Waals surface area contributed by atoms with Crippen molar-refractivity contribution in [3.05, 3.63) is 65.7 Å². The topological polar surface area (TPSA) is 50.4 Å². The minimum atomic E-state index is 0.0158. The van der Waals surface area contributed by atoms with E-state index in [2.05, 4.69) is 22.8 Å². The molecule has 0 atom stereocenters. The van der Waals surface area contributed by atoms with Crippen LogP contribution in [0, 0.1) is 0 Å². The quantitative estimate of drug-likeness (QED) is 0.737. The molecule has 0 aliphatic carbocycles. The van der Waals surface area contributed by atoms with E-state index in [9.17, 15) is 4.79 Å². The van der Waals surface area contributed by atoms with E-state index in [0.717, 1.165) is 17.8 Å². The van der Waals surface area contributed by atoms with Crippen molar-refractivity contribution in [1.82, 2.24) is 5.32 Å². The van der Waals surface area contributed by atoms with Crippen LogP contribution in [0.4, 0.5) is 5.69 Å². The maximum atomic E-state index is 11.7. The lowest BCUT2D eigenvalue weighted by Gasteiger charge is -2.08. The van der Waals surface area contributed by atoms with Crippen LogP contribution in [0.15, 0.2) is 54.6 Å². The van der Waals surface area contributed by atoms with Crippen molar-refractivity contribution in [1.29, 1.82) is 0 Å². The molecule has 2 aromatic rings. The molecule has 0 unspecified atom stereocenters. The van der Waals surface area contributed by atoms with Gasteiger partial charge < -0.3 is 15.4 Å². The maximum absolute atomic E-state index is 11.7. The van der Waals surface area contributed by atoms with Gasteiger partial charge >= 0.3 is 0 Å². The SMILES string of the molecule is COCCNC(=O)Cc1ccc(NCc2ccccc2)cc1. The van der Waals surface area contributed by atoms with Crippen LogP contribution in [0.25, 0.3) is 0 Å². The first-order valence-electron chi connectivity index (χ1n) is 7.40. The van der Waals surface area contributed by atoms with Crippen LogP contribution >= 0.6 is 0 Å². The van der Waals surface area contributed by atoms with Gasteiger partial charge in [0.05, 0.1) is 13.0 Å². The van der Waals surface area contributed by atoms with E-state index in [-0.39, 0.29) is 5.91 Å². The minimum absolute atomic E-state index is 0.0158. The first-order valence-corrected chi connectivity index (χ1v) is 7.40. The fraction of sp³-hybridized carbons (Fsp3) is 0.278. The van der Waals surface area contributed by atoms with Crippen LogP contribution < -0.4 is 10.6 Å². The number of methoxy groups -OCH3 is 1. The standard InChI is InChI=1S/C18H22N2O2/c1-22-12-11-19-18(21)13-15-7-9-17(10-8-15)20-14-16-5-3-2-4-6-16/h2-10,20H,11-14H2,1H3,(H,19,21). The second-order valence-corrected chi connectivity index (χ2v) is 5.06. The molecule has 0 saturated heterocycles. The summed E-state index contributed by atoms with van der Waals surface area (Å²) in [6.07, 6.45) is 0.392. The van der Waals surface area contributed by atoms with Crippen molar-refractivity contribution >= 4 is 11.6 Å². The maximum Gasteiger partial charge on any atom is 0.224 e. The number of hydrogen-bond acceptors (Lipinski definition) is 3. The zero-order valence-corrected chi connectivity index (χ0v) is 12.8. The van der Waals surface area contributed by atoms with Crippen molar-refractivity contribution in [3.8, 4) is 0 Å². The van der Waals surface area contributed by atoms with Gasteiger partial charge in [-0.3, -0.25) is 4.79 Å². The largest absolute Gasteiger partial charge is 0.383 e. The number of hydrogen-bond donors (Lipinski definition) is 2. The molecule has 0 aromatic heterocycles. The number of benzene rings is 2. The third kappa shape index (κ3) is 5.58. The Morgan fingerprint density at radius 1 is 1.00 bits per heavy atom. The molecule has 116 valence electrons.